The van der Waals surface area contributed by atoms with E-state index < -0.39 is 0 Å². The first kappa shape index (κ1) is 10.8. The van der Waals surface area contributed by atoms with Crippen molar-refractivity contribution in [3.63, 3.8) is 0 Å². The van der Waals surface area contributed by atoms with Crippen molar-refractivity contribution >= 4 is 12.2 Å². The summed E-state index contributed by atoms with van der Waals surface area (Å²) in [7, 11) is 0. The fourth-order valence-corrected chi connectivity index (χ4v) is 1.31. The first-order valence-corrected chi connectivity index (χ1v) is 5.01. The molecule has 0 unspecified atom stereocenters. The van der Waals surface area contributed by atoms with Gasteiger partial charge in [0.1, 0.15) is 5.82 Å². The number of nitriles is 1. The third-order valence-electron chi connectivity index (χ3n) is 2.16. The van der Waals surface area contributed by atoms with Crippen LogP contribution in [0.3, 0.4) is 0 Å². The van der Waals surface area contributed by atoms with Gasteiger partial charge in [-0.15, -0.1) is 0 Å². The molecule has 4 heteroatoms. The molecule has 0 atom stereocenters. The molecule has 0 aliphatic heterocycles. The lowest BCUT2D eigenvalue weighted by Gasteiger charge is -1.94. The second-order valence-electron chi connectivity index (χ2n) is 3.39. The molecule has 0 saturated carbocycles. The standard InChI is InChI=1S/C13H9N3O/c14-9-11-3-1-10(2-4-11)5-6-12-15-8-7-13(17)16-12/h1-8H,(H,15,16,17)/b6-5+. The predicted molar refractivity (Wildman–Crippen MR) is 64.9 cm³/mol. The second-order valence-corrected chi connectivity index (χ2v) is 3.39. The molecule has 1 N–H and O–H groups in total. The molecule has 2 rings (SSSR count). The predicted octanol–water partition coefficient (Wildman–Crippen LogP) is 1.81. The third kappa shape index (κ3) is 2.89. The maximum absolute atomic E-state index is 11.0. The van der Waals surface area contributed by atoms with Crippen molar-refractivity contribution < 1.29 is 0 Å². The number of benzene rings is 1. The van der Waals surface area contributed by atoms with Crippen molar-refractivity contribution in [1.82, 2.24) is 9.97 Å². The summed E-state index contributed by atoms with van der Waals surface area (Å²) in [6.07, 6.45) is 4.99. The molecule has 2 aromatic rings. The Kier molecular flexibility index (Phi) is 3.13. The maximum Gasteiger partial charge on any atom is 0.251 e. The van der Waals surface area contributed by atoms with Crippen LogP contribution in [0.25, 0.3) is 12.2 Å². The van der Waals surface area contributed by atoms with Gasteiger partial charge in [0.15, 0.2) is 0 Å². The van der Waals surface area contributed by atoms with Crippen molar-refractivity contribution in [3.05, 3.63) is 63.8 Å². The number of rotatable bonds is 2. The Morgan fingerprint density at radius 1 is 1.18 bits per heavy atom. The molecule has 0 bridgehead atoms. The van der Waals surface area contributed by atoms with Gasteiger partial charge in [0.25, 0.3) is 5.56 Å². The lowest BCUT2D eigenvalue weighted by molar-refractivity contribution is 1.09. The number of hydrogen-bond acceptors (Lipinski definition) is 3. The highest BCUT2D eigenvalue weighted by atomic mass is 16.1. The van der Waals surface area contributed by atoms with Crippen LogP contribution in [-0.4, -0.2) is 9.97 Å². The van der Waals surface area contributed by atoms with E-state index in [1.807, 2.05) is 18.2 Å². The molecule has 0 radical (unpaired) electrons. The lowest BCUT2D eigenvalue weighted by Crippen LogP contribution is -2.05. The Hall–Kier alpha value is -2.67. The SMILES string of the molecule is N#Cc1ccc(/C=C/c2nccc(=O)[nH]2)cc1. The monoisotopic (exact) mass is 223 g/mol. The molecule has 0 saturated heterocycles. The second kappa shape index (κ2) is 4.90. The summed E-state index contributed by atoms with van der Waals surface area (Å²) in [6.45, 7) is 0. The van der Waals surface area contributed by atoms with Gasteiger partial charge in [0.2, 0.25) is 0 Å². The fraction of sp³-hybridized carbons (Fsp3) is 0. The van der Waals surface area contributed by atoms with E-state index in [-0.39, 0.29) is 5.56 Å². The van der Waals surface area contributed by atoms with Gasteiger partial charge in [0, 0.05) is 12.3 Å². The summed E-state index contributed by atoms with van der Waals surface area (Å²) in [5, 5.41) is 8.65. The zero-order chi connectivity index (χ0) is 12.1. The van der Waals surface area contributed by atoms with E-state index >= 15 is 0 Å². The van der Waals surface area contributed by atoms with E-state index in [0.717, 1.165) is 5.56 Å². The Bertz CT molecular complexity index is 633. The van der Waals surface area contributed by atoms with Gasteiger partial charge in [-0.3, -0.25) is 4.79 Å². The summed E-state index contributed by atoms with van der Waals surface area (Å²) in [5.74, 6) is 0.502. The van der Waals surface area contributed by atoms with Crippen LogP contribution in [0.4, 0.5) is 0 Å². The fourth-order valence-electron chi connectivity index (χ4n) is 1.31. The van der Waals surface area contributed by atoms with E-state index in [9.17, 15) is 4.79 Å². The van der Waals surface area contributed by atoms with E-state index in [1.54, 1.807) is 18.2 Å². The van der Waals surface area contributed by atoms with Crippen LogP contribution in [0.1, 0.15) is 17.0 Å². The minimum absolute atomic E-state index is 0.181. The highest BCUT2D eigenvalue weighted by Crippen LogP contribution is 2.06. The summed E-state index contributed by atoms with van der Waals surface area (Å²) in [5.41, 5.74) is 1.38. The van der Waals surface area contributed by atoms with E-state index in [4.69, 9.17) is 5.26 Å². The molecule has 0 aliphatic carbocycles. The zero-order valence-corrected chi connectivity index (χ0v) is 8.92. The van der Waals surface area contributed by atoms with Gasteiger partial charge in [-0.1, -0.05) is 18.2 Å². The minimum Gasteiger partial charge on any atom is -0.307 e. The van der Waals surface area contributed by atoms with E-state index in [1.165, 1.54) is 12.3 Å². The number of aromatic nitrogens is 2. The number of nitrogens with one attached hydrogen (secondary N) is 1. The van der Waals surface area contributed by atoms with E-state index in [0.29, 0.717) is 11.4 Å². The van der Waals surface area contributed by atoms with Crippen LogP contribution in [0.15, 0.2) is 41.3 Å². The molecule has 0 aliphatic rings. The van der Waals surface area contributed by atoms with Gasteiger partial charge in [-0.2, -0.15) is 5.26 Å². The highest BCUT2D eigenvalue weighted by Gasteiger charge is 1.91. The van der Waals surface area contributed by atoms with Crippen LogP contribution in [0, 0.1) is 11.3 Å². The molecular weight excluding hydrogens is 214 g/mol. The average Bonchev–Trinajstić information content (AvgIpc) is 2.37. The molecule has 0 amide bonds. The molecular formula is C13H9N3O. The Labute approximate surface area is 97.9 Å². The van der Waals surface area contributed by atoms with Crippen LogP contribution >= 0.6 is 0 Å². The third-order valence-corrected chi connectivity index (χ3v) is 2.16. The van der Waals surface area contributed by atoms with Gasteiger partial charge in [-0.05, 0) is 23.8 Å². The van der Waals surface area contributed by atoms with Gasteiger partial charge >= 0.3 is 0 Å². The number of hydrogen-bond donors (Lipinski definition) is 1. The van der Waals surface area contributed by atoms with Crippen molar-refractivity contribution in [1.29, 1.82) is 5.26 Å². The molecule has 82 valence electrons. The molecule has 1 aromatic heterocycles. The number of nitrogens with zero attached hydrogens (tertiary/aromatic N) is 2. The van der Waals surface area contributed by atoms with Crippen molar-refractivity contribution in [2.24, 2.45) is 0 Å². The highest BCUT2D eigenvalue weighted by molar-refractivity contribution is 5.66. The van der Waals surface area contributed by atoms with Crippen LogP contribution in [0.5, 0.6) is 0 Å². The smallest absolute Gasteiger partial charge is 0.251 e. The molecule has 4 nitrogen and oxygen atoms in total. The Balaban J connectivity index is 2.20. The van der Waals surface area contributed by atoms with Gasteiger partial charge in [-0.25, -0.2) is 4.98 Å². The lowest BCUT2D eigenvalue weighted by atomic mass is 10.1. The topological polar surface area (TPSA) is 69.5 Å². The molecule has 1 heterocycles. The Morgan fingerprint density at radius 3 is 2.59 bits per heavy atom. The van der Waals surface area contributed by atoms with Crippen LogP contribution in [-0.2, 0) is 0 Å². The average molecular weight is 223 g/mol. The molecule has 17 heavy (non-hydrogen) atoms. The number of aromatic amines is 1. The van der Waals surface area contributed by atoms with Crippen molar-refractivity contribution in [2.45, 2.75) is 0 Å². The quantitative estimate of drug-likeness (QED) is 0.844. The summed E-state index contributed by atoms with van der Waals surface area (Å²) in [6, 6.07) is 10.5. The molecule has 0 spiro atoms. The normalized spacial score (nSPS) is 10.3. The van der Waals surface area contributed by atoms with Crippen molar-refractivity contribution in [3.8, 4) is 6.07 Å². The minimum atomic E-state index is -0.181. The molecule has 0 fully saturated rings. The largest absolute Gasteiger partial charge is 0.307 e. The first-order chi connectivity index (χ1) is 8.28. The van der Waals surface area contributed by atoms with E-state index in [2.05, 4.69) is 16.0 Å². The zero-order valence-electron chi connectivity index (χ0n) is 8.92. The first-order valence-electron chi connectivity index (χ1n) is 5.01. The number of H-pyrrole nitrogens is 1. The van der Waals surface area contributed by atoms with Crippen LogP contribution in [0.2, 0.25) is 0 Å². The maximum atomic E-state index is 11.0. The van der Waals surface area contributed by atoms with Gasteiger partial charge in [0.05, 0.1) is 11.6 Å². The Morgan fingerprint density at radius 2 is 1.94 bits per heavy atom. The van der Waals surface area contributed by atoms with Crippen LogP contribution < -0.4 is 5.56 Å². The van der Waals surface area contributed by atoms with Gasteiger partial charge < -0.3 is 4.98 Å². The van der Waals surface area contributed by atoms with Crippen molar-refractivity contribution in [2.75, 3.05) is 0 Å². The summed E-state index contributed by atoms with van der Waals surface area (Å²) < 4.78 is 0. The molecule has 1 aromatic carbocycles. The summed E-state index contributed by atoms with van der Waals surface area (Å²) in [4.78, 5) is 17.6. The summed E-state index contributed by atoms with van der Waals surface area (Å²) >= 11 is 0.